The number of carbonyl (C=O) groups is 1. The number of benzene rings is 2. The van der Waals surface area contributed by atoms with E-state index in [1.807, 2.05) is 68.4 Å². The topological polar surface area (TPSA) is 75.1 Å². The molecule has 8 heteroatoms. The Morgan fingerprint density at radius 3 is 2.61 bits per heavy atom. The van der Waals surface area contributed by atoms with Crippen molar-refractivity contribution in [2.75, 3.05) is 39.3 Å². The number of pyridine rings is 1. The van der Waals surface area contributed by atoms with E-state index in [2.05, 4.69) is 16.0 Å². The number of aromatic nitrogens is 1. The molecule has 1 amide bonds. The smallest absolute Gasteiger partial charge is 0.260 e. The third-order valence-corrected chi connectivity index (χ3v) is 8.40. The van der Waals surface area contributed by atoms with E-state index in [9.17, 15) is 9.90 Å². The summed E-state index contributed by atoms with van der Waals surface area (Å²) >= 11 is 6.04. The zero-order valence-electron chi connectivity index (χ0n) is 23.8. The van der Waals surface area contributed by atoms with Gasteiger partial charge >= 0.3 is 0 Å². The lowest BCUT2D eigenvalue weighted by molar-refractivity contribution is -0.132. The molecule has 7 nitrogen and oxygen atoms in total. The number of allylic oxidation sites excluding steroid dienone is 1. The van der Waals surface area contributed by atoms with Crippen LogP contribution >= 0.6 is 11.6 Å². The molecule has 3 heterocycles. The van der Waals surface area contributed by atoms with Gasteiger partial charge in [0.2, 0.25) is 5.88 Å². The third kappa shape index (κ3) is 6.75. The first-order valence-electron chi connectivity index (χ1n) is 14.5. The quantitative estimate of drug-likeness (QED) is 0.333. The zero-order valence-corrected chi connectivity index (χ0v) is 24.6. The van der Waals surface area contributed by atoms with Crippen LogP contribution < -0.4 is 9.47 Å². The first-order valence-corrected chi connectivity index (χ1v) is 14.8. The average Bonchev–Trinajstić information content (AvgIpc) is 3.15. The summed E-state index contributed by atoms with van der Waals surface area (Å²) in [5.74, 6) is 1.88. The van der Waals surface area contributed by atoms with Gasteiger partial charge in [-0.3, -0.25) is 4.79 Å². The molecule has 1 saturated heterocycles. The summed E-state index contributed by atoms with van der Waals surface area (Å²) in [7, 11) is 0. The van der Waals surface area contributed by atoms with Gasteiger partial charge < -0.3 is 24.4 Å². The lowest BCUT2D eigenvalue weighted by Crippen LogP contribution is -2.42. The standard InChI is InChI=1S/C33H38ClN3O4/c1-3-37(4-2)31(38)23-40-29-10-5-11-30-28(29)22-24(27-9-6-18-35-32(27)41-30)8-7-19-36-20-16-33(39,17-21-36)25-12-14-26(34)15-13-25/h5-6,8-15,18,39H,3-4,7,16-17,19-23H2,1-2H3/b24-8-. The Balaban J connectivity index is 1.28. The van der Waals surface area contributed by atoms with E-state index in [0.29, 0.717) is 54.8 Å². The lowest BCUT2D eigenvalue weighted by Gasteiger charge is -2.38. The molecule has 216 valence electrons. The number of nitrogens with zero attached hydrogens (tertiary/aromatic N) is 3. The van der Waals surface area contributed by atoms with Crippen LogP contribution in [0.5, 0.6) is 17.4 Å². The van der Waals surface area contributed by atoms with Gasteiger partial charge in [0, 0.05) is 61.5 Å². The summed E-state index contributed by atoms with van der Waals surface area (Å²) in [6.45, 7) is 7.76. The fourth-order valence-corrected chi connectivity index (χ4v) is 5.79. The number of ether oxygens (including phenoxy) is 2. The second-order valence-corrected chi connectivity index (χ2v) is 11.1. The monoisotopic (exact) mass is 575 g/mol. The normalized spacial score (nSPS) is 17.2. The number of piperidine rings is 1. The minimum Gasteiger partial charge on any atom is -0.483 e. The molecule has 2 aromatic carbocycles. The molecular weight excluding hydrogens is 538 g/mol. The van der Waals surface area contributed by atoms with Crippen LogP contribution in [0.2, 0.25) is 5.02 Å². The Morgan fingerprint density at radius 1 is 1.12 bits per heavy atom. The summed E-state index contributed by atoms with van der Waals surface area (Å²) in [4.78, 5) is 21.3. The first kappa shape index (κ1) is 29.1. The maximum atomic E-state index is 12.6. The Hall–Kier alpha value is -3.39. The van der Waals surface area contributed by atoms with E-state index >= 15 is 0 Å². The predicted octanol–water partition coefficient (Wildman–Crippen LogP) is 6.09. The van der Waals surface area contributed by atoms with Gasteiger partial charge in [0.1, 0.15) is 11.5 Å². The van der Waals surface area contributed by atoms with Crippen molar-refractivity contribution in [3.8, 4) is 17.4 Å². The highest BCUT2D eigenvalue weighted by molar-refractivity contribution is 6.30. The lowest BCUT2D eigenvalue weighted by atomic mass is 9.84. The van der Waals surface area contributed by atoms with Gasteiger partial charge in [0.15, 0.2) is 6.61 Å². The van der Waals surface area contributed by atoms with Crippen LogP contribution in [0.4, 0.5) is 0 Å². The van der Waals surface area contributed by atoms with Gasteiger partial charge in [0.05, 0.1) is 5.60 Å². The molecule has 2 aliphatic heterocycles. The molecule has 1 N–H and O–H groups in total. The predicted molar refractivity (Wildman–Crippen MR) is 161 cm³/mol. The molecular formula is C33H38ClN3O4. The van der Waals surface area contributed by atoms with Crippen molar-refractivity contribution >= 4 is 23.1 Å². The Bertz CT molecular complexity index is 1380. The molecule has 0 spiro atoms. The summed E-state index contributed by atoms with van der Waals surface area (Å²) in [5.41, 5.74) is 3.12. The molecule has 41 heavy (non-hydrogen) atoms. The highest BCUT2D eigenvalue weighted by Gasteiger charge is 2.33. The molecule has 3 aromatic rings. The van der Waals surface area contributed by atoms with Crippen molar-refractivity contribution in [1.82, 2.24) is 14.8 Å². The summed E-state index contributed by atoms with van der Waals surface area (Å²) in [6, 6.07) is 17.2. The highest BCUT2D eigenvalue weighted by Crippen LogP contribution is 2.41. The van der Waals surface area contributed by atoms with Crippen molar-refractivity contribution < 1.29 is 19.4 Å². The summed E-state index contributed by atoms with van der Waals surface area (Å²) in [5, 5.41) is 11.9. The fourth-order valence-electron chi connectivity index (χ4n) is 5.66. The van der Waals surface area contributed by atoms with Gasteiger partial charge in [-0.05, 0) is 80.6 Å². The second kappa shape index (κ2) is 13.1. The first-order chi connectivity index (χ1) is 19.9. The van der Waals surface area contributed by atoms with Crippen molar-refractivity contribution in [3.63, 3.8) is 0 Å². The van der Waals surface area contributed by atoms with E-state index in [-0.39, 0.29) is 12.5 Å². The molecule has 1 fully saturated rings. The summed E-state index contributed by atoms with van der Waals surface area (Å²) < 4.78 is 12.3. The van der Waals surface area contributed by atoms with Crippen LogP contribution in [0.3, 0.4) is 0 Å². The molecule has 0 saturated carbocycles. The van der Waals surface area contributed by atoms with Gasteiger partial charge in [-0.2, -0.15) is 0 Å². The number of hydrogen-bond donors (Lipinski definition) is 1. The number of aliphatic hydroxyl groups is 1. The second-order valence-electron chi connectivity index (χ2n) is 10.6. The van der Waals surface area contributed by atoms with Gasteiger partial charge in [-0.25, -0.2) is 4.98 Å². The molecule has 0 radical (unpaired) electrons. The highest BCUT2D eigenvalue weighted by atomic mass is 35.5. The Morgan fingerprint density at radius 2 is 1.88 bits per heavy atom. The molecule has 0 unspecified atom stereocenters. The number of halogens is 1. The maximum absolute atomic E-state index is 12.6. The van der Waals surface area contributed by atoms with Gasteiger partial charge in [0.25, 0.3) is 5.91 Å². The molecule has 1 aromatic heterocycles. The molecule has 0 bridgehead atoms. The molecule has 0 atom stereocenters. The number of likely N-dealkylation sites (N-methyl/N-ethyl adjacent to an activating group) is 1. The van der Waals surface area contributed by atoms with Gasteiger partial charge in [-0.15, -0.1) is 0 Å². The molecule has 2 aliphatic rings. The van der Waals surface area contributed by atoms with Crippen LogP contribution in [0.15, 0.2) is 66.9 Å². The van der Waals surface area contributed by atoms with Gasteiger partial charge in [-0.1, -0.05) is 35.9 Å². The third-order valence-electron chi connectivity index (χ3n) is 8.15. The minimum atomic E-state index is -0.810. The van der Waals surface area contributed by atoms with Crippen molar-refractivity contribution in [2.45, 2.75) is 45.1 Å². The van der Waals surface area contributed by atoms with Crippen LogP contribution in [-0.4, -0.2) is 65.1 Å². The Kier molecular flexibility index (Phi) is 9.28. The number of hydrogen-bond acceptors (Lipinski definition) is 6. The zero-order chi connectivity index (χ0) is 28.8. The number of carbonyl (C=O) groups excluding carboxylic acids is 1. The average molecular weight is 576 g/mol. The minimum absolute atomic E-state index is 0.0142. The van der Waals surface area contributed by atoms with E-state index in [1.165, 1.54) is 0 Å². The number of rotatable bonds is 9. The van der Waals surface area contributed by atoms with Crippen molar-refractivity contribution in [3.05, 3.63) is 88.6 Å². The van der Waals surface area contributed by atoms with Crippen LogP contribution in [-0.2, 0) is 16.8 Å². The van der Waals surface area contributed by atoms with E-state index in [1.54, 1.807) is 11.1 Å². The largest absolute Gasteiger partial charge is 0.483 e. The number of amides is 1. The van der Waals surface area contributed by atoms with Crippen molar-refractivity contribution in [2.24, 2.45) is 0 Å². The Labute approximate surface area is 247 Å². The number of likely N-dealkylation sites (tertiary alicyclic amines) is 1. The van der Waals surface area contributed by atoms with E-state index < -0.39 is 5.60 Å². The van der Waals surface area contributed by atoms with Crippen molar-refractivity contribution in [1.29, 1.82) is 0 Å². The molecule has 0 aliphatic carbocycles. The van der Waals surface area contributed by atoms with E-state index in [0.717, 1.165) is 48.3 Å². The van der Waals surface area contributed by atoms with Crippen LogP contribution in [0, 0.1) is 0 Å². The van der Waals surface area contributed by atoms with Crippen LogP contribution in [0.1, 0.15) is 49.8 Å². The number of fused-ring (bicyclic) bond motifs is 2. The SMILES string of the molecule is CCN(CC)C(=O)COc1cccc2c1C/C(=C/CCN1CCC(O)(c3ccc(Cl)cc3)CC1)c1cccnc1O2. The maximum Gasteiger partial charge on any atom is 0.260 e. The molecule has 5 rings (SSSR count). The van der Waals surface area contributed by atoms with Crippen LogP contribution in [0.25, 0.3) is 5.57 Å². The van der Waals surface area contributed by atoms with E-state index in [4.69, 9.17) is 21.1 Å². The summed E-state index contributed by atoms with van der Waals surface area (Å²) in [6.07, 6.45) is 6.83. The fraction of sp³-hybridized carbons (Fsp3) is 0.394.